The van der Waals surface area contributed by atoms with E-state index < -0.39 is 17.1 Å². The molecule has 7 heteroatoms. The third-order valence-corrected chi connectivity index (χ3v) is 3.48. The van der Waals surface area contributed by atoms with Gasteiger partial charge in [-0.05, 0) is 47.1 Å². The first kappa shape index (κ1) is 16.8. The molecule has 23 heavy (non-hydrogen) atoms. The molecule has 1 amide bonds. The zero-order valence-electron chi connectivity index (χ0n) is 12.5. The zero-order chi connectivity index (χ0) is 17.0. The number of nitrogens with zero attached hydrogens (tertiary/aromatic N) is 2. The average Bonchev–Trinajstić information content (AvgIpc) is 2.59. The number of aryl methyl sites for hydroxylation is 1. The summed E-state index contributed by atoms with van der Waals surface area (Å²) in [5.74, 6) is -0.934. The largest absolute Gasteiger partial charge is 0.503 e. The fraction of sp³-hybridized carbons (Fsp3) is 0.125. The van der Waals surface area contributed by atoms with Crippen LogP contribution >= 0.6 is 15.9 Å². The van der Waals surface area contributed by atoms with Crippen molar-refractivity contribution in [2.45, 2.75) is 13.8 Å². The first-order valence-electron chi connectivity index (χ1n) is 6.69. The Labute approximate surface area is 141 Å². The van der Waals surface area contributed by atoms with E-state index in [4.69, 9.17) is 0 Å². The Morgan fingerprint density at radius 3 is 2.35 bits per heavy atom. The Morgan fingerprint density at radius 2 is 1.74 bits per heavy atom. The normalized spacial score (nSPS) is 10.7. The Bertz CT molecular complexity index is 833. The third-order valence-electron chi connectivity index (χ3n) is 2.88. The van der Waals surface area contributed by atoms with Gasteiger partial charge in [0.1, 0.15) is 0 Å². The van der Waals surface area contributed by atoms with Crippen molar-refractivity contribution in [3.05, 3.63) is 56.7 Å². The molecule has 0 atom stereocenters. The van der Waals surface area contributed by atoms with Gasteiger partial charge in [0, 0.05) is 6.92 Å². The van der Waals surface area contributed by atoms with Gasteiger partial charge in [0.25, 0.3) is 0 Å². The molecular formula is C16H14BrN3O3. The van der Waals surface area contributed by atoms with Crippen LogP contribution in [0.5, 0.6) is 5.75 Å². The Balaban J connectivity index is 2.48. The molecule has 2 aromatic rings. The molecule has 0 radical (unpaired) electrons. The Hall–Kier alpha value is -2.54. The molecule has 118 valence electrons. The highest BCUT2D eigenvalue weighted by atomic mass is 79.9. The Morgan fingerprint density at radius 1 is 1.13 bits per heavy atom. The maximum atomic E-state index is 12.0. The van der Waals surface area contributed by atoms with Crippen molar-refractivity contribution in [2.24, 2.45) is 10.2 Å². The minimum absolute atomic E-state index is 0.0708. The Kier molecular flexibility index (Phi) is 5.23. The highest BCUT2D eigenvalue weighted by molar-refractivity contribution is 9.10. The summed E-state index contributed by atoms with van der Waals surface area (Å²) in [5.41, 5.74) is 1.28. The summed E-state index contributed by atoms with van der Waals surface area (Å²) in [6, 6.07) is 10.2. The average molecular weight is 376 g/mol. The van der Waals surface area contributed by atoms with Gasteiger partial charge in [0.05, 0.1) is 21.5 Å². The lowest BCUT2D eigenvalue weighted by atomic mass is 10.2. The molecule has 0 heterocycles. The number of aromatic hydroxyl groups is 1. The van der Waals surface area contributed by atoms with E-state index in [2.05, 4.69) is 31.5 Å². The molecule has 0 spiro atoms. The van der Waals surface area contributed by atoms with Crippen molar-refractivity contribution < 1.29 is 9.90 Å². The van der Waals surface area contributed by atoms with Gasteiger partial charge in [-0.15, -0.1) is 0 Å². The lowest BCUT2D eigenvalue weighted by Crippen LogP contribution is -2.13. The summed E-state index contributed by atoms with van der Waals surface area (Å²) >= 11 is 3.10. The van der Waals surface area contributed by atoms with E-state index in [-0.39, 0.29) is 10.2 Å². The van der Waals surface area contributed by atoms with Gasteiger partial charge < -0.3 is 10.4 Å². The van der Waals surface area contributed by atoms with E-state index >= 15 is 0 Å². The second-order valence-electron chi connectivity index (χ2n) is 4.87. The van der Waals surface area contributed by atoms with Crippen LogP contribution in [0.4, 0.5) is 17.1 Å². The molecule has 0 fully saturated rings. The molecule has 0 aromatic heterocycles. The van der Waals surface area contributed by atoms with Crippen LogP contribution in [0, 0.1) is 6.92 Å². The van der Waals surface area contributed by atoms with E-state index in [1.165, 1.54) is 19.1 Å². The van der Waals surface area contributed by atoms with Crippen molar-refractivity contribution in [1.82, 2.24) is 0 Å². The predicted molar refractivity (Wildman–Crippen MR) is 91.7 cm³/mol. The van der Waals surface area contributed by atoms with Crippen LogP contribution in [0.25, 0.3) is 0 Å². The van der Waals surface area contributed by atoms with Crippen molar-refractivity contribution in [2.75, 3.05) is 5.32 Å². The van der Waals surface area contributed by atoms with Crippen LogP contribution in [0.3, 0.4) is 0 Å². The highest BCUT2D eigenvalue weighted by Crippen LogP contribution is 2.27. The van der Waals surface area contributed by atoms with Gasteiger partial charge in [-0.3, -0.25) is 9.59 Å². The molecule has 0 aliphatic heterocycles. The number of rotatable bonds is 3. The third kappa shape index (κ3) is 4.46. The number of nitrogens with one attached hydrogen (secondary N) is 1. The molecule has 0 aliphatic rings. The summed E-state index contributed by atoms with van der Waals surface area (Å²) in [7, 11) is 0. The maximum Gasteiger partial charge on any atom is 0.244 e. The van der Waals surface area contributed by atoms with Crippen LogP contribution in [-0.2, 0) is 4.79 Å². The van der Waals surface area contributed by atoms with E-state index in [1.54, 1.807) is 0 Å². The molecular weight excluding hydrogens is 362 g/mol. The van der Waals surface area contributed by atoms with Gasteiger partial charge in [0.15, 0.2) is 5.75 Å². The van der Waals surface area contributed by atoms with Crippen LogP contribution in [-0.4, -0.2) is 11.0 Å². The van der Waals surface area contributed by atoms with Crippen molar-refractivity contribution >= 4 is 38.9 Å². The quantitative estimate of drug-likeness (QED) is 0.787. The number of halogens is 1. The molecule has 2 rings (SSSR count). The van der Waals surface area contributed by atoms with Crippen LogP contribution in [0.15, 0.2) is 55.9 Å². The number of amides is 1. The van der Waals surface area contributed by atoms with Gasteiger partial charge in [-0.25, -0.2) is 0 Å². The van der Waals surface area contributed by atoms with E-state index in [0.29, 0.717) is 11.4 Å². The van der Waals surface area contributed by atoms with Crippen LogP contribution < -0.4 is 10.7 Å². The molecule has 6 nitrogen and oxygen atoms in total. The monoisotopic (exact) mass is 375 g/mol. The van der Waals surface area contributed by atoms with Gasteiger partial charge in [-0.1, -0.05) is 17.7 Å². The SMILES string of the molecule is CC(=O)Nc1cc(N=Nc2ccc(C)cc2)cc(Br)c(O)c1=O. The van der Waals surface area contributed by atoms with Crippen LogP contribution in [0.2, 0.25) is 0 Å². The minimum Gasteiger partial charge on any atom is -0.503 e. The molecule has 2 aromatic carbocycles. The molecule has 0 unspecified atom stereocenters. The first-order valence-corrected chi connectivity index (χ1v) is 7.49. The molecule has 2 N–H and O–H groups in total. The number of hydrogen-bond acceptors (Lipinski definition) is 5. The number of benzene rings is 1. The molecule has 0 aliphatic carbocycles. The summed E-state index contributed by atoms with van der Waals surface area (Å²) in [5, 5.41) is 20.3. The van der Waals surface area contributed by atoms with Crippen LogP contribution in [0.1, 0.15) is 12.5 Å². The molecule has 0 saturated carbocycles. The topological polar surface area (TPSA) is 91.1 Å². The van der Waals surface area contributed by atoms with Crippen molar-refractivity contribution in [3.8, 4) is 5.75 Å². The zero-order valence-corrected chi connectivity index (χ0v) is 14.1. The van der Waals surface area contributed by atoms with E-state index in [9.17, 15) is 14.7 Å². The minimum atomic E-state index is -0.705. The number of carbonyl (C=O) groups is 1. The van der Waals surface area contributed by atoms with E-state index in [1.807, 2.05) is 31.2 Å². The standard InChI is InChI=1S/C16H14BrN3O3/c1-9-3-5-11(6-4-9)19-20-12-7-13(17)15(22)16(23)14(8-12)18-10(2)21/h3-8H,1-2H3,(H2,18,21,22,23). The summed E-state index contributed by atoms with van der Waals surface area (Å²) < 4.78 is 0.164. The second-order valence-corrected chi connectivity index (χ2v) is 5.72. The molecule has 0 bridgehead atoms. The van der Waals surface area contributed by atoms with Gasteiger partial charge in [0.2, 0.25) is 11.3 Å². The lowest BCUT2D eigenvalue weighted by molar-refractivity contribution is -0.114. The molecule has 0 saturated heterocycles. The highest BCUT2D eigenvalue weighted by Gasteiger charge is 2.10. The predicted octanol–water partition coefficient (Wildman–Crippen LogP) is 4.20. The number of anilines is 1. The number of azo groups is 1. The fourth-order valence-corrected chi connectivity index (χ4v) is 2.17. The summed E-state index contributed by atoms with van der Waals surface area (Å²) in [6.07, 6.45) is 0. The number of carbonyl (C=O) groups excluding carboxylic acids is 1. The lowest BCUT2D eigenvalue weighted by Gasteiger charge is -1.97. The summed E-state index contributed by atoms with van der Waals surface area (Å²) in [6.45, 7) is 3.24. The first-order chi connectivity index (χ1) is 10.9. The van der Waals surface area contributed by atoms with E-state index in [0.717, 1.165) is 5.56 Å². The van der Waals surface area contributed by atoms with Gasteiger partial charge in [-0.2, -0.15) is 10.2 Å². The van der Waals surface area contributed by atoms with Crippen molar-refractivity contribution in [1.29, 1.82) is 0 Å². The number of hydrogen-bond donors (Lipinski definition) is 2. The smallest absolute Gasteiger partial charge is 0.244 e. The van der Waals surface area contributed by atoms with Gasteiger partial charge >= 0.3 is 0 Å². The van der Waals surface area contributed by atoms with Crippen molar-refractivity contribution in [3.63, 3.8) is 0 Å². The fourth-order valence-electron chi connectivity index (χ4n) is 1.76. The maximum absolute atomic E-state index is 12.0. The second kappa shape index (κ2) is 7.15. The summed E-state index contributed by atoms with van der Waals surface area (Å²) in [4.78, 5) is 23.2.